The molecule has 1 aliphatic rings. The van der Waals surface area contributed by atoms with Crippen LogP contribution in [0.25, 0.3) is 0 Å². The zero-order valence-corrected chi connectivity index (χ0v) is 9.94. The first-order valence-corrected chi connectivity index (χ1v) is 5.66. The summed E-state index contributed by atoms with van der Waals surface area (Å²) in [6.45, 7) is 6.28. The van der Waals surface area contributed by atoms with Crippen molar-refractivity contribution < 1.29 is 9.90 Å². The van der Waals surface area contributed by atoms with Gasteiger partial charge in [-0.2, -0.15) is 0 Å². The topological polar surface area (TPSA) is 43.8 Å². The Hall–Kier alpha value is -0.610. The number of rotatable bonds is 5. The van der Waals surface area contributed by atoms with Gasteiger partial charge in [0.25, 0.3) is 0 Å². The van der Waals surface area contributed by atoms with Crippen LogP contribution in [0, 0.1) is 0 Å². The molecule has 0 amide bonds. The lowest BCUT2D eigenvalue weighted by molar-refractivity contribution is -0.139. The summed E-state index contributed by atoms with van der Waals surface area (Å²) in [5.41, 5.74) is 0. The number of hydrogen-bond acceptors (Lipinski definition) is 3. The lowest BCUT2D eigenvalue weighted by Crippen LogP contribution is -2.44. The quantitative estimate of drug-likeness (QED) is 0.737. The van der Waals surface area contributed by atoms with Gasteiger partial charge in [-0.3, -0.25) is 9.69 Å². The SMILES string of the molecule is CC(C)N(CC(=O)O)CC1CCCN1C. The minimum absolute atomic E-state index is 0.155. The predicted molar refractivity (Wildman–Crippen MR) is 60.0 cm³/mol. The highest BCUT2D eigenvalue weighted by Gasteiger charge is 2.25. The normalized spacial score (nSPS) is 22.9. The van der Waals surface area contributed by atoms with E-state index in [4.69, 9.17) is 5.11 Å². The fourth-order valence-electron chi connectivity index (χ4n) is 2.11. The Kier molecular flexibility index (Phi) is 4.54. The van der Waals surface area contributed by atoms with Crippen LogP contribution in [0.1, 0.15) is 26.7 Å². The third-order valence-electron chi connectivity index (χ3n) is 3.19. The zero-order valence-electron chi connectivity index (χ0n) is 9.94. The van der Waals surface area contributed by atoms with Crippen LogP contribution in [-0.2, 0) is 4.79 Å². The summed E-state index contributed by atoms with van der Waals surface area (Å²) in [5.74, 6) is -0.732. The molecular weight excluding hydrogens is 192 g/mol. The van der Waals surface area contributed by atoms with Crippen molar-refractivity contribution in [3.63, 3.8) is 0 Å². The number of likely N-dealkylation sites (tertiary alicyclic amines) is 1. The molecule has 0 spiro atoms. The monoisotopic (exact) mass is 214 g/mol. The molecule has 0 aromatic carbocycles. The maximum Gasteiger partial charge on any atom is 0.317 e. The van der Waals surface area contributed by atoms with Crippen LogP contribution >= 0.6 is 0 Å². The average molecular weight is 214 g/mol. The first kappa shape index (κ1) is 12.5. The Bertz CT molecular complexity index is 219. The summed E-state index contributed by atoms with van der Waals surface area (Å²) in [5, 5.41) is 8.82. The number of likely N-dealkylation sites (N-methyl/N-ethyl adjacent to an activating group) is 1. The maximum atomic E-state index is 10.7. The van der Waals surface area contributed by atoms with Crippen molar-refractivity contribution in [1.29, 1.82) is 0 Å². The highest BCUT2D eigenvalue weighted by atomic mass is 16.4. The molecule has 0 aromatic rings. The van der Waals surface area contributed by atoms with Gasteiger partial charge in [-0.05, 0) is 40.3 Å². The Labute approximate surface area is 91.9 Å². The third-order valence-corrected chi connectivity index (χ3v) is 3.19. The van der Waals surface area contributed by atoms with E-state index in [2.05, 4.69) is 25.8 Å². The molecule has 1 unspecified atom stereocenters. The van der Waals surface area contributed by atoms with E-state index in [-0.39, 0.29) is 6.54 Å². The molecule has 1 heterocycles. The Morgan fingerprint density at radius 3 is 2.67 bits per heavy atom. The Balaban J connectivity index is 2.46. The van der Waals surface area contributed by atoms with E-state index in [1.165, 1.54) is 12.8 Å². The van der Waals surface area contributed by atoms with Crippen molar-refractivity contribution >= 4 is 5.97 Å². The summed E-state index contributed by atoms with van der Waals surface area (Å²) in [7, 11) is 2.12. The summed E-state index contributed by atoms with van der Waals surface area (Å²) in [4.78, 5) is 15.1. The predicted octanol–water partition coefficient (Wildman–Crippen LogP) is 0.876. The number of aliphatic carboxylic acids is 1. The molecule has 4 heteroatoms. The van der Waals surface area contributed by atoms with Gasteiger partial charge in [0.05, 0.1) is 6.54 Å². The lowest BCUT2D eigenvalue weighted by Gasteiger charge is -2.30. The van der Waals surface area contributed by atoms with Crippen molar-refractivity contribution in [2.75, 3.05) is 26.7 Å². The van der Waals surface area contributed by atoms with E-state index < -0.39 is 5.97 Å². The van der Waals surface area contributed by atoms with Crippen LogP contribution in [0.4, 0.5) is 0 Å². The van der Waals surface area contributed by atoms with Crippen LogP contribution in [-0.4, -0.2) is 59.6 Å². The van der Waals surface area contributed by atoms with Gasteiger partial charge in [0.1, 0.15) is 0 Å². The molecule has 15 heavy (non-hydrogen) atoms. The number of carbonyl (C=O) groups is 1. The molecule has 1 fully saturated rings. The average Bonchev–Trinajstić information content (AvgIpc) is 2.50. The number of carboxylic acid groups (broad SMARTS) is 1. The number of nitrogens with zero attached hydrogens (tertiary/aromatic N) is 2. The summed E-state index contributed by atoms with van der Waals surface area (Å²) >= 11 is 0. The van der Waals surface area contributed by atoms with Gasteiger partial charge in [-0.1, -0.05) is 0 Å². The van der Waals surface area contributed by atoms with Crippen LogP contribution in [0.15, 0.2) is 0 Å². The van der Waals surface area contributed by atoms with Crippen molar-refractivity contribution in [1.82, 2.24) is 9.80 Å². The Morgan fingerprint density at radius 1 is 1.60 bits per heavy atom. The summed E-state index contributed by atoms with van der Waals surface area (Å²) in [6.07, 6.45) is 2.43. The first-order valence-electron chi connectivity index (χ1n) is 5.66. The fraction of sp³-hybridized carbons (Fsp3) is 0.909. The van der Waals surface area contributed by atoms with Crippen molar-refractivity contribution in [3.8, 4) is 0 Å². The van der Waals surface area contributed by atoms with Crippen LogP contribution in [0.5, 0.6) is 0 Å². The van der Waals surface area contributed by atoms with Gasteiger partial charge in [0.15, 0.2) is 0 Å². The molecule has 1 N–H and O–H groups in total. The van der Waals surface area contributed by atoms with Crippen molar-refractivity contribution in [3.05, 3.63) is 0 Å². The van der Waals surface area contributed by atoms with Gasteiger partial charge in [0, 0.05) is 18.6 Å². The molecule has 1 rings (SSSR count). The standard InChI is InChI=1S/C11H22N2O2/c1-9(2)13(8-11(14)15)7-10-5-4-6-12(10)3/h9-10H,4-8H2,1-3H3,(H,14,15). The van der Waals surface area contributed by atoms with E-state index in [1.807, 2.05) is 4.90 Å². The molecule has 4 nitrogen and oxygen atoms in total. The molecule has 0 radical (unpaired) electrons. The van der Waals surface area contributed by atoms with Crippen LogP contribution in [0.3, 0.4) is 0 Å². The van der Waals surface area contributed by atoms with E-state index in [0.717, 1.165) is 13.1 Å². The minimum atomic E-state index is -0.732. The van der Waals surface area contributed by atoms with Crippen LogP contribution < -0.4 is 0 Å². The molecular formula is C11H22N2O2. The van der Waals surface area contributed by atoms with Gasteiger partial charge in [0.2, 0.25) is 0 Å². The van der Waals surface area contributed by atoms with Gasteiger partial charge < -0.3 is 10.0 Å². The van der Waals surface area contributed by atoms with E-state index in [1.54, 1.807) is 0 Å². The first-order chi connectivity index (χ1) is 7.00. The molecule has 1 atom stereocenters. The second kappa shape index (κ2) is 5.47. The summed E-state index contributed by atoms with van der Waals surface area (Å²) < 4.78 is 0. The second-order valence-electron chi connectivity index (χ2n) is 4.69. The van der Waals surface area contributed by atoms with E-state index >= 15 is 0 Å². The van der Waals surface area contributed by atoms with Gasteiger partial charge in [-0.25, -0.2) is 0 Å². The smallest absolute Gasteiger partial charge is 0.317 e. The highest BCUT2D eigenvalue weighted by molar-refractivity contribution is 5.69. The highest BCUT2D eigenvalue weighted by Crippen LogP contribution is 2.16. The van der Waals surface area contributed by atoms with Crippen LogP contribution in [0.2, 0.25) is 0 Å². The molecule has 88 valence electrons. The fourth-order valence-corrected chi connectivity index (χ4v) is 2.11. The lowest BCUT2D eigenvalue weighted by atomic mass is 10.2. The molecule has 0 aromatic heterocycles. The van der Waals surface area contributed by atoms with Crippen molar-refractivity contribution in [2.45, 2.75) is 38.8 Å². The zero-order chi connectivity index (χ0) is 11.4. The molecule has 1 aliphatic heterocycles. The van der Waals surface area contributed by atoms with Crippen molar-refractivity contribution in [2.24, 2.45) is 0 Å². The molecule has 0 bridgehead atoms. The van der Waals surface area contributed by atoms with E-state index in [9.17, 15) is 4.79 Å². The van der Waals surface area contributed by atoms with E-state index in [0.29, 0.717) is 12.1 Å². The molecule has 0 aliphatic carbocycles. The molecule has 1 saturated heterocycles. The third kappa shape index (κ3) is 3.80. The Morgan fingerprint density at radius 2 is 2.27 bits per heavy atom. The molecule has 0 saturated carbocycles. The van der Waals surface area contributed by atoms with Gasteiger partial charge >= 0.3 is 5.97 Å². The minimum Gasteiger partial charge on any atom is -0.480 e. The summed E-state index contributed by atoms with van der Waals surface area (Å²) in [6, 6.07) is 0.835. The maximum absolute atomic E-state index is 10.7. The van der Waals surface area contributed by atoms with Gasteiger partial charge in [-0.15, -0.1) is 0 Å². The largest absolute Gasteiger partial charge is 0.480 e. The number of hydrogen-bond donors (Lipinski definition) is 1. The second-order valence-corrected chi connectivity index (χ2v) is 4.69. The number of carboxylic acids is 1.